The quantitative estimate of drug-likeness (QED) is 0.767. The first-order valence-corrected chi connectivity index (χ1v) is 4.97. The molecule has 1 aromatic carbocycles. The molecule has 1 aromatic heterocycles. The molecule has 0 spiro atoms. The van der Waals surface area contributed by atoms with Crippen LogP contribution in [0.2, 0.25) is 0 Å². The van der Waals surface area contributed by atoms with Gasteiger partial charge in [0.1, 0.15) is 11.6 Å². The van der Waals surface area contributed by atoms with Crippen LogP contribution in [0.25, 0.3) is 10.9 Å². The van der Waals surface area contributed by atoms with Crippen molar-refractivity contribution in [3.05, 3.63) is 35.1 Å². The fourth-order valence-electron chi connectivity index (χ4n) is 1.58. The molecule has 0 aliphatic carbocycles. The molecule has 1 heterocycles. The molecule has 2 N–H and O–H groups in total. The SMILES string of the molecule is COC(=O)c1cc2cc(C)c(N)nc2cc1F. The Morgan fingerprint density at radius 3 is 2.76 bits per heavy atom. The fraction of sp³-hybridized carbons (Fsp3) is 0.167. The number of ether oxygens (including phenoxy) is 1. The Kier molecular flexibility index (Phi) is 2.67. The van der Waals surface area contributed by atoms with Crippen LogP contribution in [-0.4, -0.2) is 18.1 Å². The number of halogens is 1. The number of methoxy groups -OCH3 is 1. The van der Waals surface area contributed by atoms with Crippen molar-refractivity contribution in [2.45, 2.75) is 6.92 Å². The number of hydrogen-bond acceptors (Lipinski definition) is 4. The first kappa shape index (κ1) is 11.3. The summed E-state index contributed by atoms with van der Waals surface area (Å²) in [5.74, 6) is -1.03. The largest absolute Gasteiger partial charge is 0.465 e. The molecule has 2 aromatic rings. The van der Waals surface area contributed by atoms with E-state index in [1.807, 2.05) is 0 Å². The smallest absolute Gasteiger partial charge is 0.340 e. The molecule has 0 bridgehead atoms. The molecular formula is C12H11FN2O2. The number of benzene rings is 1. The average molecular weight is 234 g/mol. The highest BCUT2D eigenvalue weighted by Gasteiger charge is 2.14. The number of rotatable bonds is 1. The van der Waals surface area contributed by atoms with Gasteiger partial charge in [0.25, 0.3) is 0 Å². The zero-order valence-electron chi connectivity index (χ0n) is 9.45. The summed E-state index contributed by atoms with van der Waals surface area (Å²) < 4.78 is 18.1. The number of carbonyl (C=O) groups excluding carboxylic acids is 1. The van der Waals surface area contributed by atoms with E-state index in [1.165, 1.54) is 19.2 Å². The van der Waals surface area contributed by atoms with Gasteiger partial charge in [-0.3, -0.25) is 0 Å². The Balaban J connectivity index is 2.71. The predicted octanol–water partition coefficient (Wildman–Crippen LogP) is 2.05. The van der Waals surface area contributed by atoms with Gasteiger partial charge < -0.3 is 10.5 Å². The third-order valence-electron chi connectivity index (χ3n) is 2.54. The Labute approximate surface area is 97.2 Å². The number of pyridine rings is 1. The van der Waals surface area contributed by atoms with Crippen LogP contribution in [0.4, 0.5) is 10.2 Å². The number of nitrogens with two attached hydrogens (primary N) is 1. The Bertz CT molecular complexity index is 611. The van der Waals surface area contributed by atoms with E-state index in [1.54, 1.807) is 13.0 Å². The van der Waals surface area contributed by atoms with E-state index in [0.717, 1.165) is 5.56 Å². The number of nitrogen functional groups attached to an aromatic ring is 1. The lowest BCUT2D eigenvalue weighted by atomic mass is 10.1. The molecule has 0 saturated heterocycles. The third-order valence-corrected chi connectivity index (χ3v) is 2.54. The van der Waals surface area contributed by atoms with E-state index in [0.29, 0.717) is 16.7 Å². The number of anilines is 1. The topological polar surface area (TPSA) is 65.2 Å². The number of esters is 1. The van der Waals surface area contributed by atoms with Gasteiger partial charge in [-0.1, -0.05) is 0 Å². The van der Waals surface area contributed by atoms with E-state index in [4.69, 9.17) is 5.73 Å². The second-order valence-corrected chi connectivity index (χ2v) is 3.71. The van der Waals surface area contributed by atoms with Gasteiger partial charge in [0.15, 0.2) is 0 Å². The van der Waals surface area contributed by atoms with Crippen LogP contribution in [-0.2, 0) is 4.74 Å². The van der Waals surface area contributed by atoms with Gasteiger partial charge in [0.2, 0.25) is 0 Å². The van der Waals surface area contributed by atoms with Gasteiger partial charge in [-0.25, -0.2) is 14.2 Å². The summed E-state index contributed by atoms with van der Waals surface area (Å²) in [6, 6.07) is 4.34. The third kappa shape index (κ3) is 1.91. The molecule has 5 heteroatoms. The van der Waals surface area contributed by atoms with Crippen LogP contribution in [0, 0.1) is 12.7 Å². The number of aryl methyl sites for hydroxylation is 1. The lowest BCUT2D eigenvalue weighted by Gasteiger charge is -2.06. The fourth-order valence-corrected chi connectivity index (χ4v) is 1.58. The van der Waals surface area contributed by atoms with Crippen molar-refractivity contribution in [2.75, 3.05) is 12.8 Å². The van der Waals surface area contributed by atoms with E-state index in [-0.39, 0.29) is 5.56 Å². The van der Waals surface area contributed by atoms with Gasteiger partial charge in [-0.2, -0.15) is 0 Å². The standard InChI is InChI=1S/C12H11FN2O2/c1-6-3-7-4-8(12(16)17-2)9(13)5-10(7)15-11(6)14/h3-5H,1-2H3,(H2,14,15). The van der Waals surface area contributed by atoms with Crippen molar-refractivity contribution >= 4 is 22.7 Å². The zero-order chi connectivity index (χ0) is 12.6. The van der Waals surface area contributed by atoms with Crippen molar-refractivity contribution < 1.29 is 13.9 Å². The average Bonchev–Trinajstić information content (AvgIpc) is 2.30. The molecular weight excluding hydrogens is 223 g/mol. The number of aromatic nitrogens is 1. The van der Waals surface area contributed by atoms with E-state index >= 15 is 0 Å². The van der Waals surface area contributed by atoms with E-state index in [9.17, 15) is 9.18 Å². The molecule has 0 amide bonds. The van der Waals surface area contributed by atoms with Crippen LogP contribution in [0.5, 0.6) is 0 Å². The number of hydrogen-bond donors (Lipinski definition) is 1. The maximum absolute atomic E-state index is 13.6. The summed E-state index contributed by atoms with van der Waals surface area (Å²) in [6.45, 7) is 1.79. The monoisotopic (exact) mass is 234 g/mol. The molecule has 0 unspecified atom stereocenters. The van der Waals surface area contributed by atoms with Gasteiger partial charge in [-0.05, 0) is 24.6 Å². The minimum absolute atomic E-state index is 0.106. The summed E-state index contributed by atoms with van der Waals surface area (Å²) >= 11 is 0. The highest BCUT2D eigenvalue weighted by molar-refractivity contribution is 5.95. The highest BCUT2D eigenvalue weighted by Crippen LogP contribution is 2.21. The van der Waals surface area contributed by atoms with E-state index in [2.05, 4.69) is 9.72 Å². The van der Waals surface area contributed by atoms with Crippen molar-refractivity contribution in [2.24, 2.45) is 0 Å². The molecule has 0 fully saturated rings. The molecule has 88 valence electrons. The minimum Gasteiger partial charge on any atom is -0.465 e. The normalized spacial score (nSPS) is 10.5. The summed E-state index contributed by atoms with van der Waals surface area (Å²) in [5, 5.41) is 0.651. The Morgan fingerprint density at radius 1 is 1.41 bits per heavy atom. The molecule has 4 nitrogen and oxygen atoms in total. The van der Waals surface area contributed by atoms with Crippen molar-refractivity contribution in [3.8, 4) is 0 Å². The number of nitrogens with zero attached hydrogens (tertiary/aromatic N) is 1. The second-order valence-electron chi connectivity index (χ2n) is 3.71. The lowest BCUT2D eigenvalue weighted by Crippen LogP contribution is -2.05. The van der Waals surface area contributed by atoms with Gasteiger partial charge in [0, 0.05) is 11.5 Å². The highest BCUT2D eigenvalue weighted by atomic mass is 19.1. The van der Waals surface area contributed by atoms with Crippen LogP contribution in [0.3, 0.4) is 0 Å². The summed E-state index contributed by atoms with van der Waals surface area (Å²) in [7, 11) is 1.21. The molecule has 2 rings (SSSR count). The molecule has 0 atom stereocenters. The van der Waals surface area contributed by atoms with Crippen LogP contribution >= 0.6 is 0 Å². The van der Waals surface area contributed by atoms with Gasteiger partial charge >= 0.3 is 5.97 Å². The molecule has 0 saturated carbocycles. The maximum Gasteiger partial charge on any atom is 0.340 e. The summed E-state index contributed by atoms with van der Waals surface area (Å²) in [6.07, 6.45) is 0. The maximum atomic E-state index is 13.6. The van der Waals surface area contributed by atoms with Crippen LogP contribution in [0.15, 0.2) is 18.2 Å². The number of fused-ring (bicyclic) bond motifs is 1. The van der Waals surface area contributed by atoms with Gasteiger partial charge in [0.05, 0.1) is 18.2 Å². The zero-order valence-corrected chi connectivity index (χ0v) is 9.45. The van der Waals surface area contributed by atoms with Crippen molar-refractivity contribution in [1.29, 1.82) is 0 Å². The van der Waals surface area contributed by atoms with Crippen LogP contribution < -0.4 is 5.73 Å². The Morgan fingerprint density at radius 2 is 2.12 bits per heavy atom. The molecule has 0 radical (unpaired) electrons. The lowest BCUT2D eigenvalue weighted by molar-refractivity contribution is 0.0596. The van der Waals surface area contributed by atoms with Crippen molar-refractivity contribution in [3.63, 3.8) is 0 Å². The molecule has 0 aliphatic rings. The van der Waals surface area contributed by atoms with Crippen LogP contribution in [0.1, 0.15) is 15.9 Å². The second kappa shape index (κ2) is 4.01. The minimum atomic E-state index is -0.709. The summed E-state index contributed by atoms with van der Waals surface area (Å²) in [4.78, 5) is 15.4. The van der Waals surface area contributed by atoms with E-state index < -0.39 is 11.8 Å². The Hall–Kier alpha value is -2.17. The number of carbonyl (C=O) groups is 1. The summed E-state index contributed by atoms with van der Waals surface area (Å²) in [5.41, 5.74) is 6.72. The first-order valence-electron chi connectivity index (χ1n) is 4.97. The predicted molar refractivity (Wildman–Crippen MR) is 62.2 cm³/mol. The van der Waals surface area contributed by atoms with Crippen molar-refractivity contribution in [1.82, 2.24) is 4.98 Å². The molecule has 17 heavy (non-hydrogen) atoms. The van der Waals surface area contributed by atoms with Gasteiger partial charge in [-0.15, -0.1) is 0 Å². The first-order chi connectivity index (χ1) is 8.02. The molecule has 0 aliphatic heterocycles.